The first kappa shape index (κ1) is 23.4. The number of aromatic nitrogens is 4. The van der Waals surface area contributed by atoms with Gasteiger partial charge in [0.25, 0.3) is 11.5 Å². The molecular formula is C23H29N7O4. The number of likely N-dealkylation sites (tertiary alicyclic amines) is 1. The van der Waals surface area contributed by atoms with Crippen LogP contribution in [0.15, 0.2) is 29.6 Å². The van der Waals surface area contributed by atoms with Gasteiger partial charge >= 0.3 is 0 Å². The normalized spacial score (nSPS) is 14.2. The van der Waals surface area contributed by atoms with E-state index in [9.17, 15) is 9.59 Å². The van der Waals surface area contributed by atoms with Gasteiger partial charge in [0, 0.05) is 31.5 Å². The summed E-state index contributed by atoms with van der Waals surface area (Å²) >= 11 is 0. The third-order valence-electron chi connectivity index (χ3n) is 5.87. The maximum absolute atomic E-state index is 13.3. The lowest BCUT2D eigenvalue weighted by atomic mass is 10.1. The van der Waals surface area contributed by atoms with Crippen LogP contribution in [0.4, 0.5) is 11.6 Å². The lowest BCUT2D eigenvalue weighted by molar-refractivity contribution is 0.102. The number of benzene rings is 1. The summed E-state index contributed by atoms with van der Waals surface area (Å²) in [7, 11) is 1.48. The summed E-state index contributed by atoms with van der Waals surface area (Å²) in [5.41, 5.74) is 6.57. The van der Waals surface area contributed by atoms with Crippen molar-refractivity contribution in [3.63, 3.8) is 0 Å². The van der Waals surface area contributed by atoms with Crippen LogP contribution in [-0.2, 0) is 6.54 Å². The zero-order valence-corrected chi connectivity index (χ0v) is 19.4. The van der Waals surface area contributed by atoms with Gasteiger partial charge in [0.05, 0.1) is 23.7 Å². The zero-order chi connectivity index (χ0) is 24.1. The Balaban J connectivity index is 1.69. The number of ether oxygens (including phenoxy) is 2. The number of carbonyl (C=O) groups is 1. The van der Waals surface area contributed by atoms with Gasteiger partial charge in [-0.2, -0.15) is 0 Å². The Bertz CT molecular complexity index is 1220. The molecule has 2 aromatic heterocycles. The van der Waals surface area contributed by atoms with E-state index in [1.165, 1.54) is 49.7 Å². The van der Waals surface area contributed by atoms with Crippen LogP contribution in [0.2, 0.25) is 0 Å². The molecule has 3 N–H and O–H groups in total. The van der Waals surface area contributed by atoms with E-state index in [-0.39, 0.29) is 40.2 Å². The van der Waals surface area contributed by atoms with Gasteiger partial charge in [0.2, 0.25) is 5.95 Å². The Hall–Kier alpha value is -3.73. The van der Waals surface area contributed by atoms with Crippen molar-refractivity contribution in [2.75, 3.05) is 44.4 Å². The van der Waals surface area contributed by atoms with Crippen LogP contribution < -0.4 is 26.1 Å². The van der Waals surface area contributed by atoms with Gasteiger partial charge in [-0.25, -0.2) is 15.0 Å². The summed E-state index contributed by atoms with van der Waals surface area (Å²) in [6.45, 7) is 5.42. The van der Waals surface area contributed by atoms with E-state index in [4.69, 9.17) is 15.2 Å². The SMILES string of the molecule is CCn1c(NC(=O)c2cncnc2)nc2c(OC)c(OCCN3CCCCC3)cc(N)c2c1=O. The predicted molar refractivity (Wildman–Crippen MR) is 128 cm³/mol. The Morgan fingerprint density at radius 1 is 1.21 bits per heavy atom. The smallest absolute Gasteiger partial charge is 0.265 e. The highest BCUT2D eigenvalue weighted by Crippen LogP contribution is 2.37. The van der Waals surface area contributed by atoms with Crippen LogP contribution in [0.3, 0.4) is 0 Å². The van der Waals surface area contributed by atoms with E-state index in [1.807, 2.05) is 0 Å². The fourth-order valence-corrected chi connectivity index (χ4v) is 4.13. The van der Waals surface area contributed by atoms with Crippen LogP contribution >= 0.6 is 0 Å². The summed E-state index contributed by atoms with van der Waals surface area (Å²) < 4.78 is 12.9. The topological polar surface area (TPSA) is 137 Å². The van der Waals surface area contributed by atoms with Crippen molar-refractivity contribution in [3.05, 3.63) is 40.7 Å². The molecule has 4 rings (SSSR count). The number of hydrogen-bond donors (Lipinski definition) is 2. The number of carbonyl (C=O) groups excluding carboxylic acids is 1. The number of fused-ring (bicyclic) bond motifs is 1. The molecule has 0 radical (unpaired) electrons. The molecule has 11 heteroatoms. The molecule has 3 heterocycles. The maximum atomic E-state index is 13.3. The fourth-order valence-electron chi connectivity index (χ4n) is 4.13. The number of rotatable bonds is 8. The second-order valence-electron chi connectivity index (χ2n) is 8.04. The van der Waals surface area contributed by atoms with Crippen molar-refractivity contribution in [1.82, 2.24) is 24.4 Å². The first-order chi connectivity index (χ1) is 16.5. The molecule has 11 nitrogen and oxygen atoms in total. The summed E-state index contributed by atoms with van der Waals surface area (Å²) in [6, 6.07) is 1.60. The van der Waals surface area contributed by atoms with Crippen molar-refractivity contribution in [2.24, 2.45) is 0 Å². The summed E-state index contributed by atoms with van der Waals surface area (Å²) in [5.74, 6) is 0.271. The summed E-state index contributed by atoms with van der Waals surface area (Å²) in [5, 5.41) is 2.89. The van der Waals surface area contributed by atoms with E-state index in [2.05, 4.69) is 25.2 Å². The van der Waals surface area contributed by atoms with Gasteiger partial charge in [-0.15, -0.1) is 0 Å². The van der Waals surface area contributed by atoms with E-state index < -0.39 is 5.91 Å². The molecule has 1 amide bonds. The maximum Gasteiger partial charge on any atom is 0.265 e. The largest absolute Gasteiger partial charge is 0.491 e. The molecule has 1 aromatic carbocycles. The number of hydrogen-bond acceptors (Lipinski definition) is 9. The van der Waals surface area contributed by atoms with Crippen LogP contribution in [0.25, 0.3) is 10.9 Å². The molecule has 0 saturated carbocycles. The lowest BCUT2D eigenvalue weighted by Gasteiger charge is -2.26. The van der Waals surface area contributed by atoms with Gasteiger partial charge in [-0.05, 0) is 32.9 Å². The molecular weight excluding hydrogens is 438 g/mol. The second kappa shape index (κ2) is 10.5. The van der Waals surface area contributed by atoms with Gasteiger partial charge in [-0.3, -0.25) is 24.4 Å². The number of nitrogen functional groups attached to an aromatic ring is 1. The van der Waals surface area contributed by atoms with Crippen molar-refractivity contribution < 1.29 is 14.3 Å². The molecule has 1 saturated heterocycles. The molecule has 0 bridgehead atoms. The molecule has 3 aromatic rings. The number of anilines is 2. The van der Waals surface area contributed by atoms with Crippen LogP contribution in [0.1, 0.15) is 36.5 Å². The van der Waals surface area contributed by atoms with Gasteiger partial charge in [-0.1, -0.05) is 6.42 Å². The minimum Gasteiger partial charge on any atom is -0.491 e. The highest BCUT2D eigenvalue weighted by atomic mass is 16.5. The molecule has 0 atom stereocenters. The lowest BCUT2D eigenvalue weighted by Crippen LogP contribution is -2.33. The van der Waals surface area contributed by atoms with E-state index in [0.29, 0.717) is 18.1 Å². The van der Waals surface area contributed by atoms with E-state index in [1.54, 1.807) is 13.0 Å². The Kier molecular flexibility index (Phi) is 7.21. The molecule has 1 aliphatic rings. The summed E-state index contributed by atoms with van der Waals surface area (Å²) in [4.78, 5) is 40.6. The predicted octanol–water partition coefficient (Wildman–Crippen LogP) is 1.91. The third-order valence-corrected chi connectivity index (χ3v) is 5.87. The van der Waals surface area contributed by atoms with Gasteiger partial charge < -0.3 is 15.2 Å². The molecule has 1 fully saturated rings. The average Bonchev–Trinajstić information content (AvgIpc) is 2.85. The number of methoxy groups -OCH3 is 1. The minimum atomic E-state index is -0.491. The molecule has 0 unspecified atom stereocenters. The first-order valence-corrected chi connectivity index (χ1v) is 11.4. The average molecular weight is 468 g/mol. The van der Waals surface area contributed by atoms with Crippen molar-refractivity contribution >= 4 is 28.4 Å². The van der Waals surface area contributed by atoms with Crippen molar-refractivity contribution in [2.45, 2.75) is 32.7 Å². The second-order valence-corrected chi connectivity index (χ2v) is 8.04. The number of piperidine rings is 1. The van der Waals surface area contributed by atoms with Crippen LogP contribution in [0.5, 0.6) is 11.5 Å². The molecule has 0 aliphatic carbocycles. The van der Waals surface area contributed by atoms with Crippen molar-refractivity contribution in [1.29, 1.82) is 0 Å². The molecule has 34 heavy (non-hydrogen) atoms. The molecule has 180 valence electrons. The fraction of sp³-hybridized carbons (Fsp3) is 0.435. The Morgan fingerprint density at radius 3 is 2.62 bits per heavy atom. The highest BCUT2D eigenvalue weighted by Gasteiger charge is 2.22. The monoisotopic (exact) mass is 467 g/mol. The number of nitrogens with two attached hydrogens (primary N) is 1. The Labute approximate surface area is 196 Å². The standard InChI is InChI=1S/C23H29N7O4/c1-3-30-22(32)18-16(24)11-17(34-10-9-29-7-5-4-6-8-29)20(33-2)19(18)27-23(30)28-21(31)15-12-25-14-26-13-15/h11-14H,3-10,24H2,1-2H3,(H,27,28,31). The first-order valence-electron chi connectivity index (χ1n) is 11.4. The zero-order valence-electron chi connectivity index (χ0n) is 19.4. The van der Waals surface area contributed by atoms with Crippen molar-refractivity contribution in [3.8, 4) is 11.5 Å². The Morgan fingerprint density at radius 2 is 1.94 bits per heavy atom. The number of amides is 1. The van der Waals surface area contributed by atoms with Crippen LogP contribution in [-0.4, -0.2) is 63.7 Å². The summed E-state index contributed by atoms with van der Waals surface area (Å²) in [6.07, 6.45) is 7.75. The van der Waals surface area contributed by atoms with Gasteiger partial charge in [0.15, 0.2) is 11.5 Å². The number of nitrogens with one attached hydrogen (secondary N) is 1. The van der Waals surface area contributed by atoms with Crippen LogP contribution in [0, 0.1) is 0 Å². The van der Waals surface area contributed by atoms with Gasteiger partial charge in [0.1, 0.15) is 18.5 Å². The molecule has 1 aliphatic heterocycles. The minimum absolute atomic E-state index is 0.0667. The molecule has 0 spiro atoms. The number of nitrogens with zero attached hydrogens (tertiary/aromatic N) is 5. The van der Waals surface area contributed by atoms with E-state index in [0.717, 1.165) is 19.6 Å². The quantitative estimate of drug-likeness (QED) is 0.476. The van der Waals surface area contributed by atoms with E-state index >= 15 is 0 Å². The highest BCUT2D eigenvalue weighted by molar-refractivity contribution is 6.04. The third kappa shape index (κ3) is 4.79.